The van der Waals surface area contributed by atoms with Gasteiger partial charge in [-0.15, -0.1) is 0 Å². The van der Waals surface area contributed by atoms with Crippen LogP contribution in [0.3, 0.4) is 0 Å². The van der Waals surface area contributed by atoms with Crippen molar-refractivity contribution in [3.63, 3.8) is 0 Å². The number of nitrogens with one attached hydrogen (secondary N) is 1. The van der Waals surface area contributed by atoms with E-state index < -0.39 is 11.6 Å². The molecule has 1 amide bonds. The Labute approximate surface area is 149 Å². The van der Waals surface area contributed by atoms with Crippen molar-refractivity contribution in [3.8, 4) is 5.75 Å². The van der Waals surface area contributed by atoms with E-state index in [1.807, 2.05) is 6.92 Å². The molecule has 0 aliphatic rings. The second kappa shape index (κ2) is 10.0. The molecule has 0 saturated carbocycles. The molecule has 25 heavy (non-hydrogen) atoms. The van der Waals surface area contributed by atoms with Crippen LogP contribution in [-0.4, -0.2) is 38.3 Å². The van der Waals surface area contributed by atoms with Crippen LogP contribution >= 0.6 is 0 Å². The summed E-state index contributed by atoms with van der Waals surface area (Å²) in [5.41, 5.74) is -0.154. The molecule has 1 N–H and O–H groups in total. The molecule has 0 heterocycles. The number of benzene rings is 1. The van der Waals surface area contributed by atoms with Crippen molar-refractivity contribution in [1.82, 2.24) is 0 Å². The smallest absolute Gasteiger partial charge is 0.341 e. The van der Waals surface area contributed by atoms with Crippen LogP contribution in [0.25, 0.3) is 0 Å². The van der Waals surface area contributed by atoms with Crippen molar-refractivity contribution in [2.75, 3.05) is 26.1 Å². The van der Waals surface area contributed by atoms with E-state index in [1.165, 1.54) is 14.2 Å². The molecule has 1 rings (SSSR count). The average molecular weight is 351 g/mol. The molecule has 0 bridgehead atoms. The molecule has 140 valence electrons. The maximum Gasteiger partial charge on any atom is 0.341 e. The summed E-state index contributed by atoms with van der Waals surface area (Å²) >= 11 is 0. The minimum Gasteiger partial charge on any atom is -0.493 e. The van der Waals surface area contributed by atoms with Crippen LogP contribution in [0.2, 0.25) is 0 Å². The van der Waals surface area contributed by atoms with Crippen LogP contribution in [0.1, 0.15) is 56.8 Å². The molecule has 0 aliphatic heterocycles. The van der Waals surface area contributed by atoms with Crippen molar-refractivity contribution in [3.05, 3.63) is 23.8 Å². The fourth-order valence-corrected chi connectivity index (χ4v) is 2.44. The Hall–Kier alpha value is -2.08. The van der Waals surface area contributed by atoms with E-state index >= 15 is 0 Å². The summed E-state index contributed by atoms with van der Waals surface area (Å²) in [7, 11) is 2.84. The molecule has 0 saturated heterocycles. The predicted molar refractivity (Wildman–Crippen MR) is 97.1 cm³/mol. The summed E-state index contributed by atoms with van der Waals surface area (Å²) in [6.45, 7) is 6.14. The number of amides is 1. The van der Waals surface area contributed by atoms with Gasteiger partial charge in [0.2, 0.25) is 0 Å². The number of rotatable bonds is 10. The largest absolute Gasteiger partial charge is 0.493 e. The van der Waals surface area contributed by atoms with Gasteiger partial charge < -0.3 is 19.5 Å². The molecule has 1 aromatic rings. The van der Waals surface area contributed by atoms with Crippen LogP contribution in [0.4, 0.5) is 5.69 Å². The normalized spacial score (nSPS) is 13.0. The molecule has 0 aliphatic carbocycles. The van der Waals surface area contributed by atoms with E-state index in [0.29, 0.717) is 24.5 Å². The van der Waals surface area contributed by atoms with Gasteiger partial charge in [0.15, 0.2) is 0 Å². The Kier molecular flexibility index (Phi) is 8.41. The number of methoxy groups -OCH3 is 2. The predicted octanol–water partition coefficient (Wildman–Crippen LogP) is 3.80. The first-order valence-corrected chi connectivity index (χ1v) is 8.63. The zero-order valence-electron chi connectivity index (χ0n) is 15.8. The standard InChI is InChI=1S/C19H29NO5/c1-6-8-9-12-19(3,24-5)18(22)20-14-10-11-16(25-7-2)15(13-14)17(21)23-4/h10-11,13H,6-9,12H2,1-5H3,(H,20,22). The fourth-order valence-electron chi connectivity index (χ4n) is 2.44. The second-order valence-electron chi connectivity index (χ2n) is 5.98. The van der Waals surface area contributed by atoms with Crippen molar-refractivity contribution in [1.29, 1.82) is 0 Å². The molecule has 1 unspecified atom stereocenters. The van der Waals surface area contributed by atoms with E-state index in [9.17, 15) is 9.59 Å². The first-order valence-electron chi connectivity index (χ1n) is 8.63. The summed E-state index contributed by atoms with van der Waals surface area (Å²) in [5.74, 6) is -0.340. The minimum absolute atomic E-state index is 0.244. The third-order valence-corrected chi connectivity index (χ3v) is 4.13. The third-order valence-electron chi connectivity index (χ3n) is 4.13. The molecule has 6 nitrogen and oxygen atoms in total. The molecule has 6 heteroatoms. The number of carbonyl (C=O) groups excluding carboxylic acids is 2. The molecule has 0 radical (unpaired) electrons. The van der Waals surface area contributed by atoms with E-state index in [-0.39, 0.29) is 11.5 Å². The Bertz CT molecular complexity index is 587. The summed E-state index contributed by atoms with van der Waals surface area (Å²) in [6, 6.07) is 4.89. The molecule has 1 aromatic carbocycles. The summed E-state index contributed by atoms with van der Waals surface area (Å²) in [5, 5.41) is 2.82. The van der Waals surface area contributed by atoms with Crippen molar-refractivity contribution < 1.29 is 23.8 Å². The van der Waals surface area contributed by atoms with E-state index in [4.69, 9.17) is 14.2 Å². The SMILES string of the molecule is CCCCCC(C)(OC)C(=O)Nc1ccc(OCC)c(C(=O)OC)c1. The van der Waals surface area contributed by atoms with Crippen LogP contribution in [-0.2, 0) is 14.3 Å². The summed E-state index contributed by atoms with van der Waals surface area (Å²) < 4.78 is 15.7. The number of ether oxygens (including phenoxy) is 3. The Morgan fingerprint density at radius 3 is 2.44 bits per heavy atom. The monoisotopic (exact) mass is 351 g/mol. The van der Waals surface area contributed by atoms with Crippen molar-refractivity contribution in [2.45, 2.75) is 52.1 Å². The summed E-state index contributed by atoms with van der Waals surface area (Å²) in [6.07, 6.45) is 3.65. The number of esters is 1. The highest BCUT2D eigenvalue weighted by Gasteiger charge is 2.32. The van der Waals surface area contributed by atoms with Crippen molar-refractivity contribution >= 4 is 17.6 Å². The minimum atomic E-state index is -0.917. The maximum atomic E-state index is 12.6. The van der Waals surface area contributed by atoms with Crippen molar-refractivity contribution in [2.24, 2.45) is 0 Å². The van der Waals surface area contributed by atoms with E-state index in [2.05, 4.69) is 12.2 Å². The van der Waals surface area contributed by atoms with Gasteiger partial charge in [-0.25, -0.2) is 4.79 Å². The maximum absolute atomic E-state index is 12.6. The highest BCUT2D eigenvalue weighted by Crippen LogP contribution is 2.26. The quantitative estimate of drug-likeness (QED) is 0.513. The van der Waals surface area contributed by atoms with Gasteiger partial charge in [-0.1, -0.05) is 26.2 Å². The molecule has 0 spiro atoms. The molecular weight excluding hydrogens is 322 g/mol. The highest BCUT2D eigenvalue weighted by atomic mass is 16.5. The van der Waals surface area contributed by atoms with Gasteiger partial charge in [-0.3, -0.25) is 4.79 Å². The van der Waals surface area contributed by atoms with Gasteiger partial charge >= 0.3 is 5.97 Å². The molecular formula is C19H29NO5. The number of unbranched alkanes of at least 4 members (excludes halogenated alkanes) is 2. The van der Waals surface area contributed by atoms with E-state index in [0.717, 1.165) is 19.3 Å². The van der Waals surface area contributed by atoms with Gasteiger partial charge in [0.25, 0.3) is 5.91 Å². The third kappa shape index (κ3) is 5.74. The topological polar surface area (TPSA) is 73.9 Å². The highest BCUT2D eigenvalue weighted by molar-refractivity contribution is 5.99. The second-order valence-corrected chi connectivity index (χ2v) is 5.98. The number of hydrogen-bond donors (Lipinski definition) is 1. The van der Waals surface area contributed by atoms with Gasteiger partial charge in [-0.2, -0.15) is 0 Å². The lowest BCUT2D eigenvalue weighted by atomic mass is 9.96. The zero-order valence-corrected chi connectivity index (χ0v) is 15.8. The number of anilines is 1. The first-order chi connectivity index (χ1) is 11.9. The van der Waals surface area contributed by atoms with Gasteiger partial charge in [0.05, 0.1) is 13.7 Å². The van der Waals surface area contributed by atoms with Crippen LogP contribution in [0.15, 0.2) is 18.2 Å². The lowest BCUT2D eigenvalue weighted by Gasteiger charge is -2.27. The average Bonchev–Trinajstić information content (AvgIpc) is 2.62. The molecule has 0 aromatic heterocycles. The molecule has 1 atom stereocenters. The van der Waals surface area contributed by atoms with Crippen LogP contribution in [0.5, 0.6) is 5.75 Å². The lowest BCUT2D eigenvalue weighted by molar-refractivity contribution is -0.136. The van der Waals surface area contributed by atoms with Gasteiger partial charge in [0, 0.05) is 12.8 Å². The Morgan fingerprint density at radius 1 is 1.16 bits per heavy atom. The summed E-state index contributed by atoms with van der Waals surface area (Å²) in [4.78, 5) is 24.6. The fraction of sp³-hybridized carbons (Fsp3) is 0.579. The van der Waals surface area contributed by atoms with Crippen LogP contribution in [0, 0.1) is 0 Å². The lowest BCUT2D eigenvalue weighted by Crippen LogP contribution is -2.42. The number of carbonyl (C=O) groups is 2. The first kappa shape index (κ1) is 21.0. The Morgan fingerprint density at radius 2 is 1.88 bits per heavy atom. The zero-order chi connectivity index (χ0) is 18.9. The van der Waals surface area contributed by atoms with Gasteiger partial charge in [-0.05, 0) is 38.5 Å². The van der Waals surface area contributed by atoms with Gasteiger partial charge in [0.1, 0.15) is 16.9 Å². The van der Waals surface area contributed by atoms with E-state index in [1.54, 1.807) is 25.1 Å². The van der Waals surface area contributed by atoms with Crippen LogP contribution < -0.4 is 10.1 Å². The Balaban J connectivity index is 2.96. The number of hydrogen-bond acceptors (Lipinski definition) is 5. The molecule has 0 fully saturated rings.